The van der Waals surface area contributed by atoms with Gasteiger partial charge in [0, 0.05) is 25.0 Å². The molecule has 0 spiro atoms. The Bertz CT molecular complexity index is 596. The number of halogens is 2. The van der Waals surface area contributed by atoms with Gasteiger partial charge in [-0.05, 0) is 74.7 Å². The van der Waals surface area contributed by atoms with Crippen molar-refractivity contribution < 1.29 is 0 Å². The first-order chi connectivity index (χ1) is 8.56. The molecular weight excluding hydrogens is 372 g/mol. The van der Waals surface area contributed by atoms with E-state index in [4.69, 9.17) is 0 Å². The Morgan fingerprint density at radius 2 is 1.44 bits per heavy atom. The predicted molar refractivity (Wildman–Crippen MR) is 86.3 cm³/mol. The summed E-state index contributed by atoms with van der Waals surface area (Å²) in [6.45, 7) is 2.06. The van der Waals surface area contributed by atoms with Crippen LogP contribution in [0.5, 0.6) is 0 Å². The Labute approximate surface area is 129 Å². The topological polar surface area (TPSA) is 0 Å². The lowest BCUT2D eigenvalue weighted by Crippen LogP contribution is -1.81. The molecule has 0 aliphatic rings. The maximum absolute atomic E-state index is 4.28. The third-order valence-electron chi connectivity index (χ3n) is 2.41. The van der Waals surface area contributed by atoms with Gasteiger partial charge in [-0.3, -0.25) is 0 Å². The monoisotopic (exact) mass is 380 g/mol. The number of aryl methyl sites for hydroxylation is 1. The fourth-order valence-electron chi connectivity index (χ4n) is 1.46. The minimum Gasteiger partial charge on any atom is -0.143 e. The second-order valence-corrected chi connectivity index (χ2v) is 6.12. The standard InChI is InChI=1S/C15H10Br2S/c1-10-2-3-11(14(16)8-10)4-5-12-6-7-13(18)9-15(12)17/h2-3,6-9,18H,1H3. The van der Waals surface area contributed by atoms with Crippen LogP contribution in [-0.4, -0.2) is 0 Å². The van der Waals surface area contributed by atoms with Crippen molar-refractivity contribution >= 4 is 44.5 Å². The van der Waals surface area contributed by atoms with E-state index in [1.807, 2.05) is 24.3 Å². The molecule has 2 aromatic rings. The molecule has 2 aromatic carbocycles. The molecule has 0 nitrogen and oxygen atoms in total. The molecule has 0 bridgehead atoms. The Morgan fingerprint density at radius 1 is 0.889 bits per heavy atom. The van der Waals surface area contributed by atoms with Crippen molar-refractivity contribution in [3.05, 3.63) is 62.0 Å². The minimum absolute atomic E-state index is 0.920. The Hall–Kier alpha value is -0.690. The van der Waals surface area contributed by atoms with Crippen molar-refractivity contribution in [3.63, 3.8) is 0 Å². The highest BCUT2D eigenvalue weighted by Crippen LogP contribution is 2.21. The molecule has 0 atom stereocenters. The second-order valence-electron chi connectivity index (χ2n) is 3.90. The summed E-state index contributed by atoms with van der Waals surface area (Å²) < 4.78 is 1.99. The number of hydrogen-bond acceptors (Lipinski definition) is 1. The average molecular weight is 382 g/mol. The van der Waals surface area contributed by atoms with Crippen LogP contribution in [-0.2, 0) is 0 Å². The molecule has 0 heterocycles. The molecule has 0 radical (unpaired) electrons. The molecule has 0 N–H and O–H groups in total. The molecule has 0 aliphatic carbocycles. The highest BCUT2D eigenvalue weighted by Gasteiger charge is 1.98. The van der Waals surface area contributed by atoms with Gasteiger partial charge in [-0.2, -0.15) is 0 Å². The van der Waals surface area contributed by atoms with E-state index in [2.05, 4.69) is 75.4 Å². The summed E-state index contributed by atoms with van der Waals surface area (Å²) in [7, 11) is 0. The van der Waals surface area contributed by atoms with Gasteiger partial charge in [0.25, 0.3) is 0 Å². The summed E-state index contributed by atoms with van der Waals surface area (Å²) in [6, 6.07) is 12.0. The lowest BCUT2D eigenvalue weighted by Gasteiger charge is -1.99. The molecule has 3 heteroatoms. The molecule has 0 aliphatic heterocycles. The van der Waals surface area contributed by atoms with Crippen LogP contribution in [0.4, 0.5) is 0 Å². The van der Waals surface area contributed by atoms with E-state index in [0.29, 0.717) is 0 Å². The minimum atomic E-state index is 0.920. The van der Waals surface area contributed by atoms with Crippen molar-refractivity contribution in [1.29, 1.82) is 0 Å². The van der Waals surface area contributed by atoms with Crippen LogP contribution in [0.15, 0.2) is 50.2 Å². The summed E-state index contributed by atoms with van der Waals surface area (Å²) in [5.74, 6) is 6.32. The van der Waals surface area contributed by atoms with Crippen molar-refractivity contribution in [3.8, 4) is 11.8 Å². The van der Waals surface area contributed by atoms with Gasteiger partial charge < -0.3 is 0 Å². The van der Waals surface area contributed by atoms with Gasteiger partial charge in [-0.25, -0.2) is 0 Å². The number of rotatable bonds is 0. The first kappa shape index (κ1) is 13.7. The van der Waals surface area contributed by atoms with E-state index in [1.54, 1.807) is 0 Å². The lowest BCUT2D eigenvalue weighted by atomic mass is 10.1. The summed E-state index contributed by atoms with van der Waals surface area (Å²) in [5.41, 5.74) is 3.16. The quantitative estimate of drug-likeness (QED) is 0.470. The van der Waals surface area contributed by atoms with Crippen molar-refractivity contribution in [2.45, 2.75) is 11.8 Å². The zero-order valence-corrected chi connectivity index (χ0v) is 13.7. The Kier molecular flexibility index (Phi) is 4.55. The highest BCUT2D eigenvalue weighted by molar-refractivity contribution is 9.10. The van der Waals surface area contributed by atoms with E-state index >= 15 is 0 Å². The summed E-state index contributed by atoms with van der Waals surface area (Å²) >= 11 is 11.3. The summed E-state index contributed by atoms with van der Waals surface area (Å²) in [6.07, 6.45) is 0. The van der Waals surface area contributed by atoms with Gasteiger partial charge in [0.15, 0.2) is 0 Å². The van der Waals surface area contributed by atoms with Gasteiger partial charge in [-0.15, -0.1) is 12.6 Å². The van der Waals surface area contributed by atoms with Crippen molar-refractivity contribution in [2.24, 2.45) is 0 Å². The smallest absolute Gasteiger partial charge is 0.0392 e. The highest BCUT2D eigenvalue weighted by atomic mass is 79.9. The molecule has 0 saturated carbocycles. The second kappa shape index (κ2) is 5.97. The SMILES string of the molecule is Cc1ccc(C#Cc2ccc(S)cc2Br)c(Br)c1. The average Bonchev–Trinajstić information content (AvgIpc) is 2.30. The molecule has 0 amide bonds. The van der Waals surface area contributed by atoms with Crippen molar-refractivity contribution in [1.82, 2.24) is 0 Å². The summed E-state index contributed by atoms with van der Waals surface area (Å²) in [4.78, 5) is 0.920. The van der Waals surface area contributed by atoms with E-state index < -0.39 is 0 Å². The molecule has 90 valence electrons. The maximum atomic E-state index is 4.28. The van der Waals surface area contributed by atoms with Gasteiger partial charge in [-0.1, -0.05) is 17.9 Å². The molecular formula is C15H10Br2S. The van der Waals surface area contributed by atoms with E-state index in [9.17, 15) is 0 Å². The fraction of sp³-hybridized carbons (Fsp3) is 0.0667. The van der Waals surface area contributed by atoms with Gasteiger partial charge in [0.2, 0.25) is 0 Å². The zero-order valence-electron chi connectivity index (χ0n) is 9.67. The van der Waals surface area contributed by atoms with Gasteiger partial charge >= 0.3 is 0 Å². The Balaban J connectivity index is 2.37. The third-order valence-corrected chi connectivity index (χ3v) is 4.00. The van der Waals surface area contributed by atoms with Crippen LogP contribution in [0.1, 0.15) is 16.7 Å². The number of benzene rings is 2. The fourth-order valence-corrected chi connectivity index (χ4v) is 2.91. The largest absolute Gasteiger partial charge is 0.143 e. The predicted octanol–water partition coefficient (Wildman–Crippen LogP) is 5.21. The zero-order chi connectivity index (χ0) is 13.1. The number of thiol groups is 1. The first-order valence-electron chi connectivity index (χ1n) is 5.33. The van der Waals surface area contributed by atoms with Crippen LogP contribution >= 0.6 is 44.5 Å². The molecule has 18 heavy (non-hydrogen) atoms. The van der Waals surface area contributed by atoms with Gasteiger partial charge in [0.1, 0.15) is 0 Å². The van der Waals surface area contributed by atoms with Crippen molar-refractivity contribution in [2.75, 3.05) is 0 Å². The van der Waals surface area contributed by atoms with Crippen LogP contribution in [0.3, 0.4) is 0 Å². The van der Waals surface area contributed by atoms with Crippen LogP contribution in [0.25, 0.3) is 0 Å². The molecule has 0 unspecified atom stereocenters. The number of hydrogen-bond donors (Lipinski definition) is 1. The molecule has 2 rings (SSSR count). The van der Waals surface area contributed by atoms with Crippen LogP contribution in [0.2, 0.25) is 0 Å². The van der Waals surface area contributed by atoms with Gasteiger partial charge in [0.05, 0.1) is 0 Å². The summed E-state index contributed by atoms with van der Waals surface area (Å²) in [5, 5.41) is 0. The van der Waals surface area contributed by atoms with E-state index in [0.717, 1.165) is 25.0 Å². The molecule has 0 saturated heterocycles. The lowest BCUT2D eigenvalue weighted by molar-refractivity contribution is 1.42. The third kappa shape index (κ3) is 3.41. The van der Waals surface area contributed by atoms with Crippen LogP contribution < -0.4 is 0 Å². The first-order valence-corrected chi connectivity index (χ1v) is 7.36. The van der Waals surface area contributed by atoms with E-state index in [1.165, 1.54) is 5.56 Å². The molecule has 0 aromatic heterocycles. The van der Waals surface area contributed by atoms with Crippen LogP contribution in [0, 0.1) is 18.8 Å². The molecule has 0 fully saturated rings. The Morgan fingerprint density at radius 3 is 2.00 bits per heavy atom. The normalized spacial score (nSPS) is 9.78. The van der Waals surface area contributed by atoms with E-state index in [-0.39, 0.29) is 0 Å². The maximum Gasteiger partial charge on any atom is 0.0392 e.